The van der Waals surface area contributed by atoms with Gasteiger partial charge in [0.1, 0.15) is 5.75 Å². The molecule has 20 heavy (non-hydrogen) atoms. The number of ether oxygens (including phenoxy) is 1. The number of nitrogens with two attached hydrogens (primary N) is 1. The van der Waals surface area contributed by atoms with Crippen molar-refractivity contribution in [3.63, 3.8) is 0 Å². The Morgan fingerprint density at radius 2 is 2.15 bits per heavy atom. The van der Waals surface area contributed by atoms with E-state index in [2.05, 4.69) is 19.2 Å². The van der Waals surface area contributed by atoms with Gasteiger partial charge in [-0.2, -0.15) is 0 Å². The monoisotopic (exact) mass is 278 g/mol. The average molecular weight is 278 g/mol. The lowest BCUT2D eigenvalue weighted by molar-refractivity contribution is 0.0946. The van der Waals surface area contributed by atoms with E-state index in [0.29, 0.717) is 29.5 Å². The van der Waals surface area contributed by atoms with Gasteiger partial charge >= 0.3 is 0 Å². The smallest absolute Gasteiger partial charge is 0.253 e. The van der Waals surface area contributed by atoms with Crippen LogP contribution < -0.4 is 15.8 Å². The molecule has 1 rings (SSSR count). The molecule has 0 aliphatic rings. The molecule has 0 saturated carbocycles. The minimum absolute atomic E-state index is 0.128. The standard InChI is InChI=1S/C16H26N2O2/c1-4-6-8-12(5-2)11-18-16(19)13-9-7-10-14(20-3)15(13)17/h7,9-10,12H,4-6,8,11,17H2,1-3H3,(H,18,19). The first-order chi connectivity index (χ1) is 9.63. The van der Waals surface area contributed by atoms with E-state index in [-0.39, 0.29) is 5.91 Å². The molecular formula is C16H26N2O2. The van der Waals surface area contributed by atoms with Crippen LogP contribution in [0.1, 0.15) is 49.9 Å². The van der Waals surface area contributed by atoms with Gasteiger partial charge in [-0.05, 0) is 24.5 Å². The van der Waals surface area contributed by atoms with E-state index in [9.17, 15) is 4.79 Å². The van der Waals surface area contributed by atoms with Gasteiger partial charge in [0.15, 0.2) is 0 Å². The van der Waals surface area contributed by atoms with E-state index >= 15 is 0 Å². The lowest BCUT2D eigenvalue weighted by Gasteiger charge is -2.16. The minimum Gasteiger partial charge on any atom is -0.495 e. The van der Waals surface area contributed by atoms with E-state index < -0.39 is 0 Å². The Morgan fingerprint density at radius 3 is 2.75 bits per heavy atom. The van der Waals surface area contributed by atoms with Crippen molar-refractivity contribution >= 4 is 11.6 Å². The molecule has 4 nitrogen and oxygen atoms in total. The Kier molecular flexibility index (Phi) is 6.91. The molecule has 0 saturated heterocycles. The number of nitrogen functional groups attached to an aromatic ring is 1. The molecule has 4 heteroatoms. The maximum Gasteiger partial charge on any atom is 0.253 e. The van der Waals surface area contributed by atoms with Crippen LogP contribution in [0.2, 0.25) is 0 Å². The summed E-state index contributed by atoms with van der Waals surface area (Å²) in [5, 5.41) is 2.98. The van der Waals surface area contributed by atoms with Crippen molar-refractivity contribution < 1.29 is 9.53 Å². The van der Waals surface area contributed by atoms with Gasteiger partial charge < -0.3 is 15.8 Å². The normalized spacial score (nSPS) is 11.9. The zero-order valence-electron chi connectivity index (χ0n) is 12.7. The second-order valence-corrected chi connectivity index (χ2v) is 5.05. The second kappa shape index (κ2) is 8.46. The number of rotatable bonds is 8. The summed E-state index contributed by atoms with van der Waals surface area (Å²) in [7, 11) is 1.55. The van der Waals surface area contributed by atoms with Gasteiger partial charge in [-0.1, -0.05) is 39.2 Å². The Bertz CT molecular complexity index is 432. The van der Waals surface area contributed by atoms with E-state index in [1.54, 1.807) is 25.3 Å². The third kappa shape index (κ3) is 4.44. The predicted octanol–water partition coefficient (Wildman–Crippen LogP) is 3.22. The van der Waals surface area contributed by atoms with Crippen LogP contribution in [0, 0.1) is 5.92 Å². The number of amides is 1. The maximum absolute atomic E-state index is 12.2. The molecule has 1 aromatic carbocycles. The third-order valence-corrected chi connectivity index (χ3v) is 3.63. The predicted molar refractivity (Wildman–Crippen MR) is 83.0 cm³/mol. The highest BCUT2D eigenvalue weighted by Crippen LogP contribution is 2.24. The zero-order chi connectivity index (χ0) is 15.0. The number of benzene rings is 1. The van der Waals surface area contributed by atoms with Crippen LogP contribution in [0.4, 0.5) is 5.69 Å². The highest BCUT2D eigenvalue weighted by Gasteiger charge is 2.14. The molecule has 0 heterocycles. The summed E-state index contributed by atoms with van der Waals surface area (Å²) in [4.78, 5) is 12.2. The minimum atomic E-state index is -0.128. The quantitative estimate of drug-likeness (QED) is 0.718. The molecular weight excluding hydrogens is 252 g/mol. The highest BCUT2D eigenvalue weighted by atomic mass is 16.5. The van der Waals surface area contributed by atoms with Crippen molar-refractivity contribution in [2.24, 2.45) is 5.92 Å². The average Bonchev–Trinajstić information content (AvgIpc) is 2.47. The molecule has 0 aliphatic heterocycles. The van der Waals surface area contributed by atoms with Gasteiger partial charge in [-0.3, -0.25) is 4.79 Å². The summed E-state index contributed by atoms with van der Waals surface area (Å²) in [6.45, 7) is 5.04. The van der Waals surface area contributed by atoms with Crippen LogP contribution in [0.25, 0.3) is 0 Å². The van der Waals surface area contributed by atoms with Gasteiger partial charge in [-0.25, -0.2) is 0 Å². The summed E-state index contributed by atoms with van der Waals surface area (Å²) >= 11 is 0. The Labute approximate surface area is 121 Å². The number of methoxy groups -OCH3 is 1. The van der Waals surface area contributed by atoms with E-state index in [1.165, 1.54) is 12.8 Å². The molecule has 0 fully saturated rings. The molecule has 0 spiro atoms. The van der Waals surface area contributed by atoms with Crippen molar-refractivity contribution in [1.82, 2.24) is 5.32 Å². The first kappa shape index (κ1) is 16.3. The molecule has 1 atom stereocenters. The van der Waals surface area contributed by atoms with Gasteiger partial charge in [0, 0.05) is 6.54 Å². The lowest BCUT2D eigenvalue weighted by Crippen LogP contribution is -2.29. The summed E-state index contributed by atoms with van der Waals surface area (Å²) in [5.74, 6) is 0.942. The second-order valence-electron chi connectivity index (χ2n) is 5.05. The van der Waals surface area contributed by atoms with Crippen LogP contribution in [0.3, 0.4) is 0 Å². The number of carbonyl (C=O) groups excluding carboxylic acids is 1. The summed E-state index contributed by atoms with van der Waals surface area (Å²) in [6, 6.07) is 5.25. The Morgan fingerprint density at radius 1 is 1.40 bits per heavy atom. The third-order valence-electron chi connectivity index (χ3n) is 3.63. The molecule has 0 aliphatic carbocycles. The lowest BCUT2D eigenvalue weighted by atomic mass is 9.99. The maximum atomic E-state index is 12.2. The van der Waals surface area contributed by atoms with Crippen molar-refractivity contribution in [2.75, 3.05) is 19.4 Å². The Balaban J connectivity index is 2.62. The molecule has 0 radical (unpaired) electrons. The van der Waals surface area contributed by atoms with Crippen LogP contribution >= 0.6 is 0 Å². The summed E-state index contributed by atoms with van der Waals surface area (Å²) in [5.41, 5.74) is 6.81. The highest BCUT2D eigenvalue weighted by molar-refractivity contribution is 6.00. The fourth-order valence-corrected chi connectivity index (χ4v) is 2.20. The number of carbonyl (C=O) groups is 1. The summed E-state index contributed by atoms with van der Waals surface area (Å²) < 4.78 is 5.13. The van der Waals surface area contributed by atoms with Crippen molar-refractivity contribution in [2.45, 2.75) is 39.5 Å². The Hall–Kier alpha value is -1.71. The number of anilines is 1. The van der Waals surface area contributed by atoms with Gasteiger partial charge in [0.25, 0.3) is 5.91 Å². The van der Waals surface area contributed by atoms with Gasteiger partial charge in [0.05, 0.1) is 18.4 Å². The topological polar surface area (TPSA) is 64.3 Å². The fourth-order valence-electron chi connectivity index (χ4n) is 2.20. The zero-order valence-corrected chi connectivity index (χ0v) is 12.7. The summed E-state index contributed by atoms with van der Waals surface area (Å²) in [6.07, 6.45) is 4.62. The van der Waals surface area contributed by atoms with Crippen LogP contribution in [-0.2, 0) is 0 Å². The molecule has 112 valence electrons. The van der Waals surface area contributed by atoms with Crippen molar-refractivity contribution in [3.8, 4) is 5.75 Å². The number of hydrogen-bond donors (Lipinski definition) is 2. The number of para-hydroxylation sites is 1. The van der Waals surface area contributed by atoms with E-state index in [1.807, 2.05) is 0 Å². The largest absolute Gasteiger partial charge is 0.495 e. The van der Waals surface area contributed by atoms with Gasteiger partial charge in [0.2, 0.25) is 0 Å². The van der Waals surface area contributed by atoms with Crippen molar-refractivity contribution in [3.05, 3.63) is 23.8 Å². The van der Waals surface area contributed by atoms with Crippen molar-refractivity contribution in [1.29, 1.82) is 0 Å². The van der Waals surface area contributed by atoms with Gasteiger partial charge in [-0.15, -0.1) is 0 Å². The van der Waals surface area contributed by atoms with Crippen LogP contribution in [0.15, 0.2) is 18.2 Å². The number of nitrogens with one attached hydrogen (secondary N) is 1. The molecule has 0 bridgehead atoms. The van der Waals surface area contributed by atoms with E-state index in [4.69, 9.17) is 10.5 Å². The fraction of sp³-hybridized carbons (Fsp3) is 0.562. The van der Waals surface area contributed by atoms with Crippen LogP contribution in [-0.4, -0.2) is 19.6 Å². The number of unbranched alkanes of at least 4 members (excludes halogenated alkanes) is 1. The SMILES string of the molecule is CCCCC(CC)CNC(=O)c1cccc(OC)c1N. The molecule has 3 N–H and O–H groups in total. The molecule has 1 amide bonds. The first-order valence-corrected chi connectivity index (χ1v) is 7.34. The molecule has 0 aromatic heterocycles. The first-order valence-electron chi connectivity index (χ1n) is 7.34. The molecule has 1 aromatic rings. The molecule has 1 unspecified atom stereocenters. The number of hydrogen-bond acceptors (Lipinski definition) is 3. The van der Waals surface area contributed by atoms with Crippen LogP contribution in [0.5, 0.6) is 5.75 Å². The van der Waals surface area contributed by atoms with E-state index in [0.717, 1.165) is 12.8 Å².